The molecule has 2 aromatic rings. The van der Waals surface area contributed by atoms with Crippen molar-refractivity contribution in [2.75, 3.05) is 0 Å². The molecule has 0 unspecified atom stereocenters. The fourth-order valence-electron chi connectivity index (χ4n) is 1.63. The molecule has 0 heterocycles. The largest absolute Gasteiger partial charge is 0.519 e. The number of para-hydroxylation sites is 1. The molecule has 110 valence electrons. The van der Waals surface area contributed by atoms with E-state index in [1.54, 1.807) is 48.5 Å². The first-order valence-corrected chi connectivity index (χ1v) is 6.66. The Morgan fingerprint density at radius 2 is 1.24 bits per heavy atom. The Bertz CT molecular complexity index is 582. The minimum Gasteiger partial charge on any atom is -0.488 e. The van der Waals surface area contributed by atoms with Crippen LogP contribution in [0.3, 0.4) is 0 Å². The molecule has 0 bridgehead atoms. The Morgan fingerprint density at radius 3 is 1.76 bits per heavy atom. The molecule has 0 N–H and O–H groups in total. The van der Waals surface area contributed by atoms with Crippen LogP contribution >= 0.6 is 0 Å². The molecular weight excluding hydrogens is 268 g/mol. The number of benzene rings is 2. The summed E-state index contributed by atoms with van der Waals surface area (Å²) < 4.78 is 15.8. The van der Waals surface area contributed by atoms with Crippen LogP contribution in [0.25, 0.3) is 0 Å². The van der Waals surface area contributed by atoms with Gasteiger partial charge in [0, 0.05) is 0 Å². The average molecular weight is 286 g/mol. The van der Waals surface area contributed by atoms with Gasteiger partial charge in [-0.05, 0) is 57.2 Å². The summed E-state index contributed by atoms with van der Waals surface area (Å²) in [6, 6.07) is 15.6. The van der Waals surface area contributed by atoms with Crippen molar-refractivity contribution in [3.63, 3.8) is 0 Å². The van der Waals surface area contributed by atoms with Crippen molar-refractivity contribution in [1.29, 1.82) is 0 Å². The summed E-state index contributed by atoms with van der Waals surface area (Å²) in [6.45, 7) is 5.90. The second-order valence-corrected chi connectivity index (χ2v) is 5.45. The van der Waals surface area contributed by atoms with Gasteiger partial charge in [-0.15, -0.1) is 0 Å². The van der Waals surface area contributed by atoms with Gasteiger partial charge in [0.25, 0.3) is 0 Å². The molecule has 0 aliphatic heterocycles. The number of rotatable bonds is 3. The summed E-state index contributed by atoms with van der Waals surface area (Å²) in [4.78, 5) is 11.6. The number of ether oxygens (including phenoxy) is 3. The van der Waals surface area contributed by atoms with E-state index in [1.165, 1.54) is 0 Å². The number of hydrogen-bond acceptors (Lipinski definition) is 4. The summed E-state index contributed by atoms with van der Waals surface area (Å²) >= 11 is 0. The molecule has 0 saturated heterocycles. The van der Waals surface area contributed by atoms with Gasteiger partial charge in [-0.2, -0.15) is 0 Å². The highest BCUT2D eigenvalue weighted by Gasteiger charge is 2.12. The zero-order valence-corrected chi connectivity index (χ0v) is 12.3. The molecule has 0 aliphatic rings. The number of carbonyl (C=O) groups is 1. The zero-order valence-electron chi connectivity index (χ0n) is 12.3. The van der Waals surface area contributed by atoms with Crippen LogP contribution in [-0.2, 0) is 0 Å². The molecule has 2 rings (SSSR count). The molecular formula is C17H18O4. The van der Waals surface area contributed by atoms with Crippen molar-refractivity contribution in [3.05, 3.63) is 54.6 Å². The van der Waals surface area contributed by atoms with Crippen LogP contribution in [0.5, 0.6) is 17.2 Å². The molecule has 0 atom stereocenters. The number of hydrogen-bond donors (Lipinski definition) is 0. The van der Waals surface area contributed by atoms with E-state index in [1.807, 2.05) is 26.8 Å². The van der Waals surface area contributed by atoms with Crippen molar-refractivity contribution in [1.82, 2.24) is 0 Å². The predicted molar refractivity (Wildman–Crippen MR) is 79.9 cm³/mol. The maximum absolute atomic E-state index is 11.6. The van der Waals surface area contributed by atoms with Crippen LogP contribution in [0.2, 0.25) is 0 Å². The van der Waals surface area contributed by atoms with Gasteiger partial charge in [0.2, 0.25) is 0 Å². The Balaban J connectivity index is 1.92. The van der Waals surface area contributed by atoms with Crippen LogP contribution in [-0.4, -0.2) is 11.8 Å². The normalized spacial score (nSPS) is 10.8. The smallest absolute Gasteiger partial charge is 0.488 e. The fraction of sp³-hybridized carbons (Fsp3) is 0.235. The minimum atomic E-state index is -0.773. The highest BCUT2D eigenvalue weighted by atomic mass is 16.7. The van der Waals surface area contributed by atoms with Crippen molar-refractivity contribution >= 4 is 6.16 Å². The van der Waals surface area contributed by atoms with E-state index < -0.39 is 6.16 Å². The molecule has 21 heavy (non-hydrogen) atoms. The lowest BCUT2D eigenvalue weighted by Gasteiger charge is -2.21. The first-order chi connectivity index (χ1) is 9.92. The van der Waals surface area contributed by atoms with E-state index in [4.69, 9.17) is 14.2 Å². The van der Waals surface area contributed by atoms with Gasteiger partial charge in [-0.3, -0.25) is 0 Å². The molecule has 0 fully saturated rings. The van der Waals surface area contributed by atoms with Gasteiger partial charge in [0.15, 0.2) is 0 Å². The second-order valence-electron chi connectivity index (χ2n) is 5.45. The molecule has 4 nitrogen and oxygen atoms in total. The molecule has 0 aliphatic carbocycles. The Labute approximate surface area is 124 Å². The van der Waals surface area contributed by atoms with Crippen LogP contribution < -0.4 is 14.2 Å². The first-order valence-electron chi connectivity index (χ1n) is 6.66. The van der Waals surface area contributed by atoms with Crippen molar-refractivity contribution < 1.29 is 19.0 Å². The van der Waals surface area contributed by atoms with Gasteiger partial charge in [0.1, 0.15) is 22.8 Å². The maximum atomic E-state index is 11.6. The van der Waals surface area contributed by atoms with Gasteiger partial charge in [0.05, 0.1) is 0 Å². The van der Waals surface area contributed by atoms with Crippen LogP contribution in [0.1, 0.15) is 20.8 Å². The summed E-state index contributed by atoms with van der Waals surface area (Å²) in [5.41, 5.74) is -0.269. The van der Waals surface area contributed by atoms with Crippen LogP contribution in [0, 0.1) is 0 Å². The standard InChI is InChI=1S/C17H18O4/c1-17(2,3)21-15-11-9-14(10-12-15)20-16(18)19-13-7-5-4-6-8-13/h4-12H,1-3H3. The highest BCUT2D eigenvalue weighted by molar-refractivity contribution is 5.67. The molecule has 0 aromatic heterocycles. The van der Waals surface area contributed by atoms with E-state index in [9.17, 15) is 4.79 Å². The van der Waals surface area contributed by atoms with Crippen molar-refractivity contribution in [2.24, 2.45) is 0 Å². The molecule has 2 aromatic carbocycles. The maximum Gasteiger partial charge on any atom is 0.519 e. The fourth-order valence-corrected chi connectivity index (χ4v) is 1.63. The Morgan fingerprint density at radius 1 is 0.762 bits per heavy atom. The molecule has 0 amide bonds. The lowest BCUT2D eigenvalue weighted by atomic mass is 10.2. The molecule has 0 radical (unpaired) electrons. The van der Waals surface area contributed by atoms with Crippen molar-refractivity contribution in [3.8, 4) is 17.2 Å². The van der Waals surface area contributed by atoms with Gasteiger partial charge in [-0.25, -0.2) is 4.79 Å². The van der Waals surface area contributed by atoms with Gasteiger partial charge >= 0.3 is 6.16 Å². The molecule has 4 heteroatoms. The number of carbonyl (C=O) groups excluding carboxylic acids is 1. The van der Waals surface area contributed by atoms with Crippen molar-refractivity contribution in [2.45, 2.75) is 26.4 Å². The summed E-state index contributed by atoms with van der Waals surface area (Å²) in [5, 5.41) is 0. The Hall–Kier alpha value is -2.49. The lowest BCUT2D eigenvalue weighted by Crippen LogP contribution is -2.22. The summed E-state index contributed by atoms with van der Waals surface area (Å²) in [7, 11) is 0. The summed E-state index contributed by atoms with van der Waals surface area (Å²) in [6.07, 6.45) is -0.773. The monoisotopic (exact) mass is 286 g/mol. The topological polar surface area (TPSA) is 44.8 Å². The quantitative estimate of drug-likeness (QED) is 0.618. The van der Waals surface area contributed by atoms with E-state index in [2.05, 4.69) is 0 Å². The van der Waals surface area contributed by atoms with Gasteiger partial charge < -0.3 is 14.2 Å². The van der Waals surface area contributed by atoms with E-state index >= 15 is 0 Å². The third kappa shape index (κ3) is 5.18. The lowest BCUT2D eigenvalue weighted by molar-refractivity contribution is 0.130. The van der Waals surface area contributed by atoms with E-state index in [0.717, 1.165) is 0 Å². The third-order valence-corrected chi connectivity index (χ3v) is 2.39. The van der Waals surface area contributed by atoms with E-state index in [0.29, 0.717) is 17.2 Å². The van der Waals surface area contributed by atoms with Crippen LogP contribution in [0.15, 0.2) is 54.6 Å². The third-order valence-electron chi connectivity index (χ3n) is 2.39. The average Bonchev–Trinajstić information content (AvgIpc) is 2.40. The SMILES string of the molecule is CC(C)(C)Oc1ccc(OC(=O)Oc2ccccc2)cc1. The highest BCUT2D eigenvalue weighted by Crippen LogP contribution is 2.22. The molecule has 0 saturated carbocycles. The van der Waals surface area contributed by atoms with E-state index in [-0.39, 0.29) is 5.60 Å². The predicted octanol–water partition coefficient (Wildman–Crippen LogP) is 4.44. The molecule has 0 spiro atoms. The first kappa shape index (κ1) is 14.9. The van der Waals surface area contributed by atoms with Crippen LogP contribution in [0.4, 0.5) is 4.79 Å². The second kappa shape index (κ2) is 6.31. The Kier molecular flexibility index (Phi) is 4.48. The minimum absolute atomic E-state index is 0.269. The summed E-state index contributed by atoms with van der Waals surface area (Å²) in [5.74, 6) is 1.55. The van der Waals surface area contributed by atoms with Gasteiger partial charge in [-0.1, -0.05) is 18.2 Å². The zero-order chi connectivity index (χ0) is 15.3.